The van der Waals surface area contributed by atoms with E-state index in [-0.39, 0.29) is 18.0 Å². The molecule has 2 aromatic rings. The van der Waals surface area contributed by atoms with E-state index in [0.717, 1.165) is 0 Å². The number of carbonyl (C=O) groups excluding carboxylic acids is 2. The quantitative estimate of drug-likeness (QED) is 0.599. The van der Waals surface area contributed by atoms with Crippen molar-refractivity contribution < 1.29 is 14.0 Å². The highest BCUT2D eigenvalue weighted by atomic mass is 16.3. The molecular formula is C13H14N2O3. The Morgan fingerprint density at radius 2 is 2.17 bits per heavy atom. The Labute approximate surface area is 104 Å². The van der Waals surface area contributed by atoms with E-state index in [2.05, 4.69) is 5.10 Å². The number of aromatic nitrogens is 2. The van der Waals surface area contributed by atoms with Crippen LogP contribution in [0.2, 0.25) is 0 Å². The fourth-order valence-corrected chi connectivity index (χ4v) is 1.70. The maximum absolute atomic E-state index is 11.9. The van der Waals surface area contributed by atoms with Crippen LogP contribution in [0.15, 0.2) is 29.1 Å². The molecule has 0 aliphatic carbocycles. The summed E-state index contributed by atoms with van der Waals surface area (Å²) in [5.41, 5.74) is 0.928. The summed E-state index contributed by atoms with van der Waals surface area (Å²) in [6, 6.07) is 1.58. The largest absolute Gasteiger partial charge is 0.469 e. The van der Waals surface area contributed by atoms with Crippen LogP contribution in [-0.2, 0) is 6.54 Å². The maximum atomic E-state index is 11.9. The fraction of sp³-hybridized carbons (Fsp3) is 0.308. The Kier molecular flexibility index (Phi) is 3.41. The van der Waals surface area contributed by atoms with Crippen molar-refractivity contribution in [1.82, 2.24) is 9.78 Å². The smallest absolute Gasteiger partial charge is 0.174 e. The number of ketones is 2. The maximum Gasteiger partial charge on any atom is 0.174 e. The third-order valence-corrected chi connectivity index (χ3v) is 2.76. The summed E-state index contributed by atoms with van der Waals surface area (Å²) >= 11 is 0. The molecule has 0 fully saturated rings. The van der Waals surface area contributed by atoms with Gasteiger partial charge in [0.25, 0.3) is 0 Å². The molecule has 0 radical (unpaired) electrons. The molecule has 2 rings (SSSR count). The molecule has 0 spiro atoms. The van der Waals surface area contributed by atoms with Crippen LogP contribution < -0.4 is 0 Å². The van der Waals surface area contributed by atoms with E-state index in [4.69, 9.17) is 4.42 Å². The molecule has 0 bridgehead atoms. The molecule has 0 saturated heterocycles. The van der Waals surface area contributed by atoms with E-state index in [0.29, 0.717) is 23.4 Å². The third kappa shape index (κ3) is 2.40. The molecule has 94 valence electrons. The van der Waals surface area contributed by atoms with Crippen LogP contribution in [-0.4, -0.2) is 21.3 Å². The number of Topliss-reactive ketones (excluding diaryl/α,β-unsaturated/α-hetero) is 2. The standard InChI is InChI=1S/C13H14N2O3/c1-3-15-8-10(7-14-15)12(16)6-13(17)11-4-5-18-9(11)2/h4-5,7-8H,3,6H2,1-2H3. The Morgan fingerprint density at radius 3 is 2.72 bits per heavy atom. The minimum atomic E-state index is -0.226. The lowest BCUT2D eigenvalue weighted by Gasteiger charge is -1.97. The average Bonchev–Trinajstić information content (AvgIpc) is 2.96. The topological polar surface area (TPSA) is 65.1 Å². The van der Waals surface area contributed by atoms with Crippen molar-refractivity contribution >= 4 is 11.6 Å². The van der Waals surface area contributed by atoms with Crippen molar-refractivity contribution in [2.75, 3.05) is 0 Å². The number of furan rings is 1. The van der Waals surface area contributed by atoms with Gasteiger partial charge in [0.2, 0.25) is 0 Å². The molecule has 0 N–H and O–H groups in total. The Hall–Kier alpha value is -2.17. The molecule has 0 amide bonds. The van der Waals surface area contributed by atoms with Gasteiger partial charge in [-0.1, -0.05) is 0 Å². The monoisotopic (exact) mass is 246 g/mol. The van der Waals surface area contributed by atoms with Gasteiger partial charge in [-0.15, -0.1) is 0 Å². The van der Waals surface area contributed by atoms with Crippen molar-refractivity contribution in [3.8, 4) is 0 Å². The molecule has 0 aliphatic heterocycles. The zero-order valence-electron chi connectivity index (χ0n) is 10.3. The number of hydrogen-bond donors (Lipinski definition) is 0. The van der Waals surface area contributed by atoms with Crippen LogP contribution in [0.3, 0.4) is 0 Å². The van der Waals surface area contributed by atoms with Gasteiger partial charge in [-0.05, 0) is 19.9 Å². The van der Waals surface area contributed by atoms with E-state index >= 15 is 0 Å². The number of rotatable bonds is 5. The first-order valence-corrected chi connectivity index (χ1v) is 5.74. The van der Waals surface area contributed by atoms with Gasteiger partial charge in [0.05, 0.1) is 30.0 Å². The summed E-state index contributed by atoms with van der Waals surface area (Å²) in [5, 5.41) is 4.01. The molecule has 18 heavy (non-hydrogen) atoms. The second-order valence-corrected chi connectivity index (χ2v) is 4.00. The zero-order valence-corrected chi connectivity index (χ0v) is 10.3. The molecule has 0 atom stereocenters. The van der Waals surface area contributed by atoms with Crippen LogP contribution in [0.1, 0.15) is 39.8 Å². The minimum Gasteiger partial charge on any atom is -0.469 e. The number of hydrogen-bond acceptors (Lipinski definition) is 4. The van der Waals surface area contributed by atoms with E-state index in [1.807, 2.05) is 6.92 Å². The lowest BCUT2D eigenvalue weighted by Crippen LogP contribution is -2.08. The summed E-state index contributed by atoms with van der Waals surface area (Å²) in [6.45, 7) is 4.33. The molecule has 5 heteroatoms. The van der Waals surface area contributed by atoms with Crippen molar-refractivity contribution in [3.05, 3.63) is 41.6 Å². The summed E-state index contributed by atoms with van der Waals surface area (Å²) in [6.07, 6.45) is 4.43. The van der Waals surface area contributed by atoms with E-state index in [1.165, 1.54) is 12.5 Å². The van der Waals surface area contributed by atoms with Gasteiger partial charge in [-0.25, -0.2) is 0 Å². The van der Waals surface area contributed by atoms with Gasteiger partial charge in [0.1, 0.15) is 5.76 Å². The van der Waals surface area contributed by atoms with Crippen LogP contribution >= 0.6 is 0 Å². The molecule has 2 aromatic heterocycles. The van der Waals surface area contributed by atoms with Crippen LogP contribution in [0.5, 0.6) is 0 Å². The predicted molar refractivity (Wildman–Crippen MR) is 64.6 cm³/mol. The van der Waals surface area contributed by atoms with Gasteiger partial charge in [0.15, 0.2) is 11.6 Å². The van der Waals surface area contributed by atoms with Gasteiger partial charge < -0.3 is 4.42 Å². The fourth-order valence-electron chi connectivity index (χ4n) is 1.70. The first-order valence-electron chi connectivity index (χ1n) is 5.74. The lowest BCUT2D eigenvalue weighted by molar-refractivity contribution is 0.0893. The van der Waals surface area contributed by atoms with Crippen molar-refractivity contribution in [1.29, 1.82) is 0 Å². The van der Waals surface area contributed by atoms with Crippen LogP contribution in [0.4, 0.5) is 0 Å². The molecule has 0 aromatic carbocycles. The SMILES string of the molecule is CCn1cc(C(=O)CC(=O)c2ccoc2C)cn1. The van der Waals surface area contributed by atoms with E-state index in [9.17, 15) is 9.59 Å². The van der Waals surface area contributed by atoms with E-state index < -0.39 is 0 Å². The number of carbonyl (C=O) groups is 2. The van der Waals surface area contributed by atoms with Gasteiger partial charge in [-0.2, -0.15) is 5.10 Å². The Morgan fingerprint density at radius 1 is 1.39 bits per heavy atom. The highest BCUT2D eigenvalue weighted by Crippen LogP contribution is 2.13. The number of aryl methyl sites for hydroxylation is 2. The van der Waals surface area contributed by atoms with Crippen molar-refractivity contribution in [3.63, 3.8) is 0 Å². The third-order valence-electron chi connectivity index (χ3n) is 2.76. The van der Waals surface area contributed by atoms with Gasteiger partial charge >= 0.3 is 0 Å². The Balaban J connectivity index is 2.08. The van der Waals surface area contributed by atoms with Crippen LogP contribution in [0, 0.1) is 6.92 Å². The van der Waals surface area contributed by atoms with E-state index in [1.54, 1.807) is 23.9 Å². The minimum absolute atomic E-state index is 0.157. The zero-order chi connectivity index (χ0) is 13.1. The molecule has 5 nitrogen and oxygen atoms in total. The molecular weight excluding hydrogens is 232 g/mol. The first-order chi connectivity index (χ1) is 8.61. The molecule has 2 heterocycles. The highest BCUT2D eigenvalue weighted by Gasteiger charge is 2.17. The summed E-state index contributed by atoms with van der Waals surface area (Å²) < 4.78 is 6.70. The average molecular weight is 246 g/mol. The number of nitrogens with zero attached hydrogens (tertiary/aromatic N) is 2. The molecule has 0 aliphatic rings. The lowest BCUT2D eigenvalue weighted by atomic mass is 10.0. The normalized spacial score (nSPS) is 10.6. The summed E-state index contributed by atoms with van der Waals surface area (Å²) in [7, 11) is 0. The summed E-state index contributed by atoms with van der Waals surface area (Å²) in [4.78, 5) is 23.8. The molecule has 0 unspecified atom stereocenters. The van der Waals surface area contributed by atoms with Gasteiger partial charge in [0, 0.05) is 12.7 Å². The highest BCUT2D eigenvalue weighted by molar-refractivity contribution is 6.13. The first kappa shape index (κ1) is 12.3. The molecule has 0 saturated carbocycles. The summed E-state index contributed by atoms with van der Waals surface area (Å²) in [5.74, 6) is 0.0906. The van der Waals surface area contributed by atoms with Crippen LogP contribution in [0.25, 0.3) is 0 Å². The predicted octanol–water partition coefficient (Wildman–Crippen LogP) is 2.26. The Bertz CT molecular complexity index is 581. The second-order valence-electron chi connectivity index (χ2n) is 4.00. The second kappa shape index (κ2) is 5.00. The van der Waals surface area contributed by atoms with Gasteiger partial charge in [-0.3, -0.25) is 14.3 Å². The van der Waals surface area contributed by atoms with Crippen molar-refractivity contribution in [2.24, 2.45) is 0 Å². The van der Waals surface area contributed by atoms with Crippen molar-refractivity contribution in [2.45, 2.75) is 26.8 Å².